The van der Waals surface area contributed by atoms with Crippen LogP contribution in [0.2, 0.25) is 0 Å². The molecule has 0 bridgehead atoms. The van der Waals surface area contributed by atoms with Crippen LogP contribution in [0.25, 0.3) is 0 Å². The summed E-state index contributed by atoms with van der Waals surface area (Å²) in [4.78, 5) is 14.2. The van der Waals surface area contributed by atoms with Crippen LogP contribution in [-0.4, -0.2) is 23.6 Å². The van der Waals surface area contributed by atoms with Gasteiger partial charge in [0.15, 0.2) is 11.5 Å². The molecule has 1 heterocycles. The molecule has 0 spiro atoms. The van der Waals surface area contributed by atoms with Crippen LogP contribution in [0.3, 0.4) is 0 Å². The fourth-order valence-electron chi connectivity index (χ4n) is 2.32. The van der Waals surface area contributed by atoms with Crippen LogP contribution in [0.1, 0.15) is 32.3 Å². The molecule has 1 saturated carbocycles. The Kier molecular flexibility index (Phi) is 3.09. The Hall–Kier alpha value is -1.71. The van der Waals surface area contributed by atoms with E-state index in [-0.39, 0.29) is 24.7 Å². The van der Waals surface area contributed by atoms with Crippen LogP contribution in [0, 0.1) is 5.92 Å². The predicted octanol–water partition coefficient (Wildman–Crippen LogP) is 2.56. The largest absolute Gasteiger partial charge is 0.454 e. The van der Waals surface area contributed by atoms with Crippen LogP contribution in [0.15, 0.2) is 18.2 Å². The van der Waals surface area contributed by atoms with Gasteiger partial charge in [0, 0.05) is 18.5 Å². The monoisotopic (exact) mass is 261 g/mol. The Morgan fingerprint density at radius 1 is 1.32 bits per heavy atom. The smallest absolute Gasteiger partial charge is 0.231 e. The van der Waals surface area contributed by atoms with Gasteiger partial charge in [0.25, 0.3) is 0 Å². The van der Waals surface area contributed by atoms with E-state index in [0.717, 1.165) is 29.9 Å². The minimum absolute atomic E-state index is 0.221. The molecule has 0 N–H and O–H groups in total. The molecule has 0 aromatic heterocycles. The normalized spacial score (nSPS) is 16.8. The maximum absolute atomic E-state index is 12.3. The van der Waals surface area contributed by atoms with Crippen molar-refractivity contribution >= 4 is 5.91 Å². The van der Waals surface area contributed by atoms with Crippen LogP contribution >= 0.6 is 0 Å². The quantitative estimate of drug-likeness (QED) is 0.836. The molecule has 102 valence electrons. The summed E-state index contributed by atoms with van der Waals surface area (Å²) < 4.78 is 10.7. The maximum Gasteiger partial charge on any atom is 0.231 e. The first-order valence-corrected chi connectivity index (χ1v) is 6.84. The summed E-state index contributed by atoms with van der Waals surface area (Å²) >= 11 is 0. The van der Waals surface area contributed by atoms with Gasteiger partial charge >= 0.3 is 0 Å². The van der Waals surface area contributed by atoms with Crippen LogP contribution in [0.4, 0.5) is 0 Å². The minimum Gasteiger partial charge on any atom is -0.454 e. The highest BCUT2D eigenvalue weighted by molar-refractivity contribution is 5.81. The van der Waals surface area contributed by atoms with Gasteiger partial charge in [-0.25, -0.2) is 0 Å². The zero-order chi connectivity index (χ0) is 13.4. The van der Waals surface area contributed by atoms with Gasteiger partial charge in [-0.05, 0) is 44.4 Å². The first-order valence-electron chi connectivity index (χ1n) is 6.84. The molecule has 1 amide bonds. The summed E-state index contributed by atoms with van der Waals surface area (Å²) in [5, 5.41) is 0. The molecule has 1 aliphatic heterocycles. The molecule has 19 heavy (non-hydrogen) atoms. The van der Waals surface area contributed by atoms with Crippen molar-refractivity contribution in [2.75, 3.05) is 6.79 Å². The molecule has 2 aliphatic rings. The SMILES string of the molecule is CC(C)N(Cc1ccc2c(c1)OCO2)C(=O)C1CC1. The highest BCUT2D eigenvalue weighted by Gasteiger charge is 2.34. The van der Waals surface area contributed by atoms with Crippen LogP contribution in [-0.2, 0) is 11.3 Å². The van der Waals surface area contributed by atoms with Crippen molar-refractivity contribution in [3.63, 3.8) is 0 Å². The third-order valence-corrected chi connectivity index (χ3v) is 3.62. The third kappa shape index (κ3) is 2.53. The molecule has 1 fully saturated rings. The van der Waals surface area contributed by atoms with Gasteiger partial charge in [0.05, 0.1) is 0 Å². The topological polar surface area (TPSA) is 38.8 Å². The maximum atomic E-state index is 12.3. The molecule has 0 unspecified atom stereocenters. The average Bonchev–Trinajstić information content (AvgIpc) is 3.13. The van der Waals surface area contributed by atoms with Crippen LogP contribution < -0.4 is 9.47 Å². The Morgan fingerprint density at radius 3 is 2.74 bits per heavy atom. The molecular formula is C15H19NO3. The van der Waals surface area contributed by atoms with Gasteiger partial charge in [0.2, 0.25) is 12.7 Å². The lowest BCUT2D eigenvalue weighted by Crippen LogP contribution is -2.37. The van der Waals surface area contributed by atoms with E-state index < -0.39 is 0 Å². The molecule has 0 atom stereocenters. The molecule has 1 aromatic carbocycles. The van der Waals surface area contributed by atoms with Crippen molar-refractivity contribution in [2.45, 2.75) is 39.3 Å². The molecular weight excluding hydrogens is 242 g/mol. The van der Waals surface area contributed by atoms with Crippen LogP contribution in [0.5, 0.6) is 11.5 Å². The van der Waals surface area contributed by atoms with Gasteiger partial charge in [-0.1, -0.05) is 6.07 Å². The number of ether oxygens (including phenoxy) is 2. The molecule has 0 saturated heterocycles. The summed E-state index contributed by atoms with van der Waals surface area (Å²) in [6.45, 7) is 5.05. The molecule has 4 heteroatoms. The Morgan fingerprint density at radius 2 is 2.05 bits per heavy atom. The zero-order valence-electron chi connectivity index (χ0n) is 11.4. The van der Waals surface area contributed by atoms with E-state index in [1.165, 1.54) is 0 Å². The fourth-order valence-corrected chi connectivity index (χ4v) is 2.32. The van der Waals surface area contributed by atoms with Crippen molar-refractivity contribution in [1.29, 1.82) is 0 Å². The standard InChI is InChI=1S/C15H19NO3/c1-10(2)16(15(17)12-4-5-12)8-11-3-6-13-14(7-11)19-9-18-13/h3,6-7,10,12H,4-5,8-9H2,1-2H3. The fraction of sp³-hybridized carbons (Fsp3) is 0.533. The zero-order valence-corrected chi connectivity index (χ0v) is 11.4. The number of hydrogen-bond acceptors (Lipinski definition) is 3. The summed E-state index contributed by atoms with van der Waals surface area (Å²) in [5.41, 5.74) is 1.09. The lowest BCUT2D eigenvalue weighted by molar-refractivity contribution is -0.134. The van der Waals surface area contributed by atoms with E-state index in [4.69, 9.17) is 9.47 Å². The van der Waals surface area contributed by atoms with E-state index in [2.05, 4.69) is 13.8 Å². The highest BCUT2D eigenvalue weighted by Crippen LogP contribution is 2.35. The Balaban J connectivity index is 1.76. The number of fused-ring (bicyclic) bond motifs is 1. The molecule has 1 aliphatic carbocycles. The van der Waals surface area contributed by atoms with Crippen molar-refractivity contribution in [3.05, 3.63) is 23.8 Å². The van der Waals surface area contributed by atoms with E-state index in [0.29, 0.717) is 6.54 Å². The minimum atomic E-state index is 0.221. The van der Waals surface area contributed by atoms with Crippen molar-refractivity contribution in [3.8, 4) is 11.5 Å². The van der Waals surface area contributed by atoms with Gasteiger partial charge in [-0.3, -0.25) is 4.79 Å². The Bertz CT molecular complexity index is 494. The number of hydrogen-bond donors (Lipinski definition) is 0. The second-order valence-electron chi connectivity index (χ2n) is 5.52. The molecule has 4 nitrogen and oxygen atoms in total. The van der Waals surface area contributed by atoms with E-state index in [1.54, 1.807) is 0 Å². The van der Waals surface area contributed by atoms with Gasteiger partial charge < -0.3 is 14.4 Å². The summed E-state index contributed by atoms with van der Waals surface area (Å²) in [6, 6.07) is 6.11. The number of amides is 1. The summed E-state index contributed by atoms with van der Waals surface area (Å²) in [6.07, 6.45) is 2.09. The van der Waals surface area contributed by atoms with Gasteiger partial charge in [-0.15, -0.1) is 0 Å². The number of rotatable bonds is 4. The summed E-state index contributed by atoms with van der Waals surface area (Å²) in [7, 11) is 0. The molecule has 0 radical (unpaired) electrons. The van der Waals surface area contributed by atoms with Gasteiger partial charge in [-0.2, -0.15) is 0 Å². The number of benzene rings is 1. The lowest BCUT2D eigenvalue weighted by Gasteiger charge is -2.27. The number of carbonyl (C=O) groups excluding carboxylic acids is 1. The van der Waals surface area contributed by atoms with E-state index in [9.17, 15) is 4.79 Å². The molecule has 1 aromatic rings. The van der Waals surface area contributed by atoms with E-state index in [1.807, 2.05) is 23.1 Å². The highest BCUT2D eigenvalue weighted by atomic mass is 16.7. The first kappa shape index (κ1) is 12.3. The van der Waals surface area contributed by atoms with Crippen molar-refractivity contribution in [2.24, 2.45) is 5.92 Å². The lowest BCUT2D eigenvalue weighted by atomic mass is 10.1. The Labute approximate surface area is 113 Å². The number of nitrogens with zero attached hydrogens (tertiary/aromatic N) is 1. The number of carbonyl (C=O) groups is 1. The summed E-state index contributed by atoms with van der Waals surface area (Å²) in [5.74, 6) is 2.11. The predicted molar refractivity (Wildman–Crippen MR) is 71.0 cm³/mol. The van der Waals surface area contributed by atoms with Crippen molar-refractivity contribution in [1.82, 2.24) is 4.90 Å². The average molecular weight is 261 g/mol. The first-order chi connectivity index (χ1) is 9.15. The third-order valence-electron chi connectivity index (χ3n) is 3.62. The van der Waals surface area contributed by atoms with Gasteiger partial charge in [0.1, 0.15) is 0 Å². The van der Waals surface area contributed by atoms with Crippen molar-refractivity contribution < 1.29 is 14.3 Å². The second-order valence-corrected chi connectivity index (χ2v) is 5.52. The molecule has 3 rings (SSSR count). The second kappa shape index (κ2) is 4.76. The van der Waals surface area contributed by atoms with E-state index >= 15 is 0 Å².